The van der Waals surface area contributed by atoms with Crippen molar-refractivity contribution in [1.82, 2.24) is 9.55 Å². The van der Waals surface area contributed by atoms with Gasteiger partial charge in [0.25, 0.3) is 0 Å². The number of nitrogens with zero attached hydrogens (tertiary/aromatic N) is 2. The largest absolute Gasteiger partial charge is 0.497 e. The number of hydrogen-bond acceptors (Lipinski definition) is 4. The zero-order chi connectivity index (χ0) is 17.4. The molecule has 0 radical (unpaired) electrons. The normalized spacial score (nSPS) is 27.6. The van der Waals surface area contributed by atoms with Gasteiger partial charge in [0.2, 0.25) is 0 Å². The summed E-state index contributed by atoms with van der Waals surface area (Å²) in [6.07, 6.45) is 10.4. The van der Waals surface area contributed by atoms with Gasteiger partial charge in [0.05, 0.1) is 19.4 Å². The average molecular weight is 355 g/mol. The van der Waals surface area contributed by atoms with Crippen molar-refractivity contribution in [2.45, 2.75) is 11.8 Å². The fourth-order valence-corrected chi connectivity index (χ4v) is 3.47. The number of epoxide rings is 1. The topological polar surface area (TPSA) is 56.6 Å². The Morgan fingerprint density at radius 2 is 2.16 bits per heavy atom. The second-order valence-electron chi connectivity index (χ2n) is 5.93. The van der Waals surface area contributed by atoms with Gasteiger partial charge in [0.1, 0.15) is 11.7 Å². The van der Waals surface area contributed by atoms with Crippen molar-refractivity contribution in [3.63, 3.8) is 0 Å². The number of benzene rings is 1. The smallest absolute Gasteiger partial charge is 0.170 e. The highest BCUT2D eigenvalue weighted by atomic mass is 35.5. The van der Waals surface area contributed by atoms with Crippen molar-refractivity contribution < 1.29 is 14.3 Å². The molecule has 1 aliphatic heterocycles. The molecule has 4 rings (SSSR count). The van der Waals surface area contributed by atoms with Crippen LogP contribution in [0.4, 0.5) is 0 Å². The van der Waals surface area contributed by atoms with Gasteiger partial charge in [-0.05, 0) is 29.8 Å². The number of carbonyl (C=O) groups excluding carboxylic acids is 1. The van der Waals surface area contributed by atoms with E-state index in [2.05, 4.69) is 4.98 Å². The maximum absolute atomic E-state index is 11.6. The highest BCUT2D eigenvalue weighted by molar-refractivity contribution is 6.30. The van der Waals surface area contributed by atoms with Crippen LogP contribution in [-0.2, 0) is 19.9 Å². The quantitative estimate of drug-likeness (QED) is 0.623. The summed E-state index contributed by atoms with van der Waals surface area (Å²) >= 11 is 6.03. The molecule has 6 heteroatoms. The van der Waals surface area contributed by atoms with Crippen LogP contribution in [0.5, 0.6) is 0 Å². The van der Waals surface area contributed by atoms with Crippen molar-refractivity contribution in [2.24, 2.45) is 5.92 Å². The number of allylic oxidation sites excluding steroid dienone is 2. The number of imidazole rings is 1. The second-order valence-corrected chi connectivity index (χ2v) is 6.36. The summed E-state index contributed by atoms with van der Waals surface area (Å²) in [5.41, 5.74) is 0.703. The Morgan fingerprint density at radius 1 is 1.36 bits per heavy atom. The zero-order valence-corrected chi connectivity index (χ0v) is 14.2. The third-order valence-corrected chi connectivity index (χ3v) is 4.86. The van der Waals surface area contributed by atoms with Crippen molar-refractivity contribution in [3.05, 3.63) is 83.1 Å². The van der Waals surface area contributed by atoms with Gasteiger partial charge in [-0.3, -0.25) is 0 Å². The SMILES string of the molecule is COC1=CC(=C=O)C(C2(c3ccc(Cl)cc3)OC2n2ccnc2)C=C1. The molecule has 0 N–H and O–H groups in total. The average Bonchev–Trinajstić information content (AvgIpc) is 3.16. The van der Waals surface area contributed by atoms with Crippen molar-refractivity contribution in [3.8, 4) is 0 Å². The summed E-state index contributed by atoms with van der Waals surface area (Å²) in [7, 11) is 1.57. The lowest BCUT2D eigenvalue weighted by Gasteiger charge is -2.24. The molecule has 3 atom stereocenters. The van der Waals surface area contributed by atoms with E-state index in [0.29, 0.717) is 16.4 Å². The molecular formula is C19H15ClN2O3. The van der Waals surface area contributed by atoms with Crippen LogP contribution in [0.2, 0.25) is 5.02 Å². The number of hydrogen-bond donors (Lipinski definition) is 0. The minimum absolute atomic E-state index is 0.272. The standard InChI is InChI=1S/C19H15ClN2O3/c1-24-16-6-7-17(13(10-16)11-23)19(14-2-4-15(20)5-3-14)18(25-19)22-9-8-21-12-22/h2-10,12,17-18H,1H3. The molecule has 0 bridgehead atoms. The summed E-state index contributed by atoms with van der Waals surface area (Å²) in [5, 5.41) is 0.644. The Labute approximate surface area is 149 Å². The molecular weight excluding hydrogens is 340 g/mol. The highest BCUT2D eigenvalue weighted by Crippen LogP contribution is 2.61. The summed E-state index contributed by atoms with van der Waals surface area (Å²) < 4.78 is 13.3. The fraction of sp³-hybridized carbons (Fsp3) is 0.211. The minimum Gasteiger partial charge on any atom is -0.497 e. The van der Waals surface area contributed by atoms with E-state index in [9.17, 15) is 4.79 Å². The van der Waals surface area contributed by atoms with Gasteiger partial charge in [-0.25, -0.2) is 9.78 Å². The number of methoxy groups -OCH3 is 1. The summed E-state index contributed by atoms with van der Waals surface area (Å²) in [4.78, 5) is 15.7. The summed E-state index contributed by atoms with van der Waals surface area (Å²) in [6.45, 7) is 0. The van der Waals surface area contributed by atoms with Crippen molar-refractivity contribution in [1.29, 1.82) is 0 Å². The Hall–Kier alpha value is -2.59. The molecule has 2 aliphatic rings. The van der Waals surface area contributed by atoms with E-state index in [1.165, 1.54) is 0 Å². The van der Waals surface area contributed by atoms with E-state index < -0.39 is 5.60 Å². The van der Waals surface area contributed by atoms with Gasteiger partial charge in [0.15, 0.2) is 11.8 Å². The molecule has 1 aromatic carbocycles. The van der Waals surface area contributed by atoms with E-state index in [4.69, 9.17) is 21.1 Å². The number of aromatic nitrogens is 2. The highest BCUT2D eigenvalue weighted by Gasteiger charge is 2.64. The van der Waals surface area contributed by atoms with Gasteiger partial charge in [-0.15, -0.1) is 0 Å². The van der Waals surface area contributed by atoms with E-state index in [0.717, 1.165) is 5.56 Å². The lowest BCUT2D eigenvalue weighted by Crippen LogP contribution is -2.26. The van der Waals surface area contributed by atoms with Gasteiger partial charge in [-0.2, -0.15) is 0 Å². The molecule has 5 nitrogen and oxygen atoms in total. The van der Waals surface area contributed by atoms with Crippen LogP contribution in [0.15, 0.2) is 72.5 Å². The molecule has 1 fully saturated rings. The molecule has 2 heterocycles. The zero-order valence-electron chi connectivity index (χ0n) is 13.4. The molecule has 0 saturated carbocycles. The molecule has 126 valence electrons. The van der Waals surface area contributed by atoms with E-state index in [1.807, 2.05) is 53.1 Å². The molecule has 3 unspecified atom stereocenters. The monoisotopic (exact) mass is 354 g/mol. The third-order valence-electron chi connectivity index (χ3n) is 4.61. The molecule has 1 aliphatic carbocycles. The maximum atomic E-state index is 11.6. The van der Waals surface area contributed by atoms with Gasteiger partial charge in [0, 0.05) is 23.0 Å². The van der Waals surface area contributed by atoms with Crippen LogP contribution in [0.1, 0.15) is 11.8 Å². The first-order valence-electron chi connectivity index (χ1n) is 7.79. The van der Waals surface area contributed by atoms with Crippen LogP contribution in [0, 0.1) is 5.92 Å². The van der Waals surface area contributed by atoms with Crippen LogP contribution >= 0.6 is 11.6 Å². The summed E-state index contributed by atoms with van der Waals surface area (Å²) in [5.74, 6) is 2.36. The summed E-state index contributed by atoms with van der Waals surface area (Å²) in [6, 6.07) is 7.48. The van der Waals surface area contributed by atoms with E-state index in [1.54, 1.807) is 25.7 Å². The number of ether oxygens (including phenoxy) is 2. The molecule has 0 amide bonds. The van der Waals surface area contributed by atoms with Gasteiger partial charge >= 0.3 is 0 Å². The molecule has 25 heavy (non-hydrogen) atoms. The lowest BCUT2D eigenvalue weighted by molar-refractivity contribution is 0.251. The van der Waals surface area contributed by atoms with Crippen molar-refractivity contribution >= 4 is 17.5 Å². The van der Waals surface area contributed by atoms with Crippen LogP contribution in [-0.4, -0.2) is 22.6 Å². The van der Waals surface area contributed by atoms with Crippen LogP contribution in [0.25, 0.3) is 0 Å². The molecule has 1 saturated heterocycles. The second kappa shape index (κ2) is 6.05. The Morgan fingerprint density at radius 3 is 2.80 bits per heavy atom. The first kappa shape index (κ1) is 15.9. The van der Waals surface area contributed by atoms with Gasteiger partial charge < -0.3 is 14.0 Å². The van der Waals surface area contributed by atoms with E-state index in [-0.39, 0.29) is 12.1 Å². The fourth-order valence-electron chi connectivity index (χ4n) is 3.35. The number of halogens is 1. The van der Waals surface area contributed by atoms with Crippen LogP contribution in [0.3, 0.4) is 0 Å². The maximum Gasteiger partial charge on any atom is 0.170 e. The number of rotatable bonds is 4. The Kier molecular flexibility index (Phi) is 3.85. The van der Waals surface area contributed by atoms with Crippen LogP contribution < -0.4 is 0 Å². The van der Waals surface area contributed by atoms with E-state index >= 15 is 0 Å². The van der Waals surface area contributed by atoms with Crippen molar-refractivity contribution in [2.75, 3.05) is 7.11 Å². The molecule has 1 aromatic heterocycles. The first-order valence-corrected chi connectivity index (χ1v) is 8.17. The first-order chi connectivity index (χ1) is 12.2. The minimum atomic E-state index is -0.718. The predicted octanol–water partition coefficient (Wildman–Crippen LogP) is 3.44. The predicted molar refractivity (Wildman–Crippen MR) is 92.4 cm³/mol. The van der Waals surface area contributed by atoms with Gasteiger partial charge in [-0.1, -0.05) is 29.8 Å². The molecule has 2 aromatic rings. The lowest BCUT2D eigenvalue weighted by atomic mass is 9.78. The third kappa shape index (κ3) is 2.53. The Bertz CT molecular complexity index is 895. The Balaban J connectivity index is 1.80. The molecule has 0 spiro atoms.